The quantitative estimate of drug-likeness (QED) is 0.710. The number of hydrogen-bond acceptors (Lipinski definition) is 6. The summed E-state index contributed by atoms with van der Waals surface area (Å²) >= 11 is 0. The summed E-state index contributed by atoms with van der Waals surface area (Å²) < 4.78 is 30.9. The molecular formula is C15H28N4O3S. The Hall–Kier alpha value is -0.960. The molecule has 1 aliphatic heterocycles. The summed E-state index contributed by atoms with van der Waals surface area (Å²) in [6, 6.07) is 0.466. The Balaban J connectivity index is 1.73. The number of aromatic nitrogens is 1. The number of hydrogen-bond donors (Lipinski definition) is 1. The number of sulfonamides is 1. The minimum atomic E-state index is -3.09. The smallest absolute Gasteiger partial charge is 0.211 e. The molecule has 2 rings (SSSR count). The summed E-state index contributed by atoms with van der Waals surface area (Å²) in [4.78, 5) is 8.91. The van der Waals surface area contributed by atoms with Gasteiger partial charge in [-0.2, -0.15) is 0 Å². The van der Waals surface area contributed by atoms with E-state index in [0.717, 1.165) is 44.1 Å². The SMILES string of the molecule is CCc1cnc(CN(C)[C@@H]2CCN(CCCS(=O)(=O)NC)C2)o1. The fourth-order valence-electron chi connectivity index (χ4n) is 2.88. The van der Waals surface area contributed by atoms with E-state index in [2.05, 4.69) is 33.5 Å². The lowest BCUT2D eigenvalue weighted by Gasteiger charge is -2.23. The Labute approximate surface area is 139 Å². The molecule has 132 valence electrons. The van der Waals surface area contributed by atoms with Crippen molar-refractivity contribution in [1.82, 2.24) is 19.5 Å². The Bertz CT molecular complexity index is 587. The lowest BCUT2D eigenvalue weighted by Crippen LogP contribution is -2.35. The van der Waals surface area contributed by atoms with E-state index in [9.17, 15) is 8.42 Å². The second kappa shape index (κ2) is 8.23. The van der Waals surface area contributed by atoms with Gasteiger partial charge in [-0.1, -0.05) is 6.92 Å². The summed E-state index contributed by atoms with van der Waals surface area (Å²) in [6.45, 7) is 5.58. The van der Waals surface area contributed by atoms with Crippen LogP contribution < -0.4 is 4.72 Å². The maximum Gasteiger partial charge on any atom is 0.211 e. The Kier molecular flexibility index (Phi) is 6.58. The number of likely N-dealkylation sites (N-methyl/N-ethyl adjacent to an activating group) is 1. The van der Waals surface area contributed by atoms with Crippen LogP contribution in [0.25, 0.3) is 0 Å². The average Bonchev–Trinajstić information content (AvgIpc) is 3.16. The summed E-state index contributed by atoms with van der Waals surface area (Å²) in [5.41, 5.74) is 0. The molecule has 1 aliphatic rings. The van der Waals surface area contributed by atoms with Gasteiger partial charge >= 0.3 is 0 Å². The minimum absolute atomic E-state index is 0.191. The van der Waals surface area contributed by atoms with Gasteiger partial charge in [-0.15, -0.1) is 0 Å². The van der Waals surface area contributed by atoms with Crippen molar-refractivity contribution >= 4 is 10.0 Å². The molecule has 1 aromatic heterocycles. The molecular weight excluding hydrogens is 316 g/mol. The van der Waals surface area contributed by atoms with Crippen molar-refractivity contribution in [2.45, 2.75) is 38.8 Å². The van der Waals surface area contributed by atoms with Crippen LogP contribution in [-0.2, 0) is 23.0 Å². The second-order valence-electron chi connectivity index (χ2n) is 6.11. The van der Waals surface area contributed by atoms with Crippen LogP contribution in [0.4, 0.5) is 0 Å². The molecule has 0 unspecified atom stereocenters. The van der Waals surface area contributed by atoms with Gasteiger partial charge in [0.1, 0.15) is 5.76 Å². The first-order valence-electron chi connectivity index (χ1n) is 8.21. The predicted octanol–water partition coefficient (Wildman–Crippen LogP) is 0.682. The first kappa shape index (κ1) is 18.4. The third kappa shape index (κ3) is 5.56. The normalized spacial score (nSPS) is 19.7. The maximum atomic E-state index is 11.4. The minimum Gasteiger partial charge on any atom is -0.444 e. The fourth-order valence-corrected chi connectivity index (χ4v) is 3.60. The van der Waals surface area contributed by atoms with E-state index in [1.54, 1.807) is 6.20 Å². The van der Waals surface area contributed by atoms with Gasteiger partial charge in [-0.05, 0) is 40.0 Å². The Morgan fingerprint density at radius 3 is 2.96 bits per heavy atom. The van der Waals surface area contributed by atoms with E-state index in [1.165, 1.54) is 7.05 Å². The standard InChI is InChI=1S/C15H28N4O3S/c1-4-14-10-17-15(22-14)12-18(3)13-6-8-19(11-13)7-5-9-23(20,21)16-2/h10,13,16H,4-9,11-12H2,1-3H3/t13-/m1/s1. The van der Waals surface area contributed by atoms with Gasteiger partial charge in [0.2, 0.25) is 15.9 Å². The zero-order valence-electron chi connectivity index (χ0n) is 14.3. The van der Waals surface area contributed by atoms with Crippen molar-refractivity contribution in [2.75, 3.05) is 39.5 Å². The molecule has 8 heteroatoms. The monoisotopic (exact) mass is 344 g/mol. The topological polar surface area (TPSA) is 78.7 Å². The molecule has 0 radical (unpaired) electrons. The van der Waals surface area contributed by atoms with Crippen LogP contribution in [0.2, 0.25) is 0 Å². The van der Waals surface area contributed by atoms with Crippen LogP contribution in [0.3, 0.4) is 0 Å². The lowest BCUT2D eigenvalue weighted by molar-refractivity contribution is 0.206. The number of rotatable bonds is 9. The van der Waals surface area contributed by atoms with Gasteiger partial charge in [-0.3, -0.25) is 4.90 Å². The molecule has 0 amide bonds. The molecule has 1 aromatic rings. The van der Waals surface area contributed by atoms with E-state index in [1.807, 2.05) is 0 Å². The number of nitrogens with one attached hydrogen (secondary N) is 1. The zero-order valence-corrected chi connectivity index (χ0v) is 15.1. The third-order valence-corrected chi connectivity index (χ3v) is 5.85. The first-order chi connectivity index (χ1) is 10.9. The molecule has 0 aliphatic carbocycles. The van der Waals surface area contributed by atoms with Gasteiger partial charge in [0.05, 0.1) is 18.5 Å². The van der Waals surface area contributed by atoms with Crippen LogP contribution in [0.15, 0.2) is 10.6 Å². The van der Waals surface area contributed by atoms with Crippen molar-refractivity contribution in [2.24, 2.45) is 0 Å². The summed E-state index contributed by atoms with van der Waals surface area (Å²) in [7, 11) is 0.464. The average molecular weight is 344 g/mol. The molecule has 1 fully saturated rings. The highest BCUT2D eigenvalue weighted by Crippen LogP contribution is 2.17. The second-order valence-corrected chi connectivity index (χ2v) is 8.15. The van der Waals surface area contributed by atoms with Gasteiger partial charge < -0.3 is 9.32 Å². The van der Waals surface area contributed by atoms with Crippen LogP contribution in [-0.4, -0.2) is 68.7 Å². The van der Waals surface area contributed by atoms with E-state index in [0.29, 0.717) is 19.0 Å². The zero-order chi connectivity index (χ0) is 16.9. The van der Waals surface area contributed by atoms with E-state index >= 15 is 0 Å². The van der Waals surface area contributed by atoms with Gasteiger partial charge in [-0.25, -0.2) is 18.1 Å². The van der Waals surface area contributed by atoms with Gasteiger partial charge in [0, 0.05) is 19.0 Å². The van der Waals surface area contributed by atoms with Crippen molar-refractivity contribution in [3.05, 3.63) is 17.8 Å². The summed E-state index contributed by atoms with van der Waals surface area (Å²) in [5, 5.41) is 0. The molecule has 1 N–H and O–H groups in total. The Morgan fingerprint density at radius 2 is 2.30 bits per heavy atom. The number of nitrogens with zero attached hydrogens (tertiary/aromatic N) is 3. The highest BCUT2D eigenvalue weighted by molar-refractivity contribution is 7.89. The third-order valence-electron chi connectivity index (χ3n) is 4.40. The van der Waals surface area contributed by atoms with Gasteiger partial charge in [0.25, 0.3) is 0 Å². The maximum absolute atomic E-state index is 11.4. The fraction of sp³-hybridized carbons (Fsp3) is 0.800. The highest BCUT2D eigenvalue weighted by atomic mass is 32.2. The van der Waals surface area contributed by atoms with E-state index < -0.39 is 10.0 Å². The number of oxazole rings is 1. The van der Waals surface area contributed by atoms with Crippen molar-refractivity contribution in [3.8, 4) is 0 Å². The summed E-state index contributed by atoms with van der Waals surface area (Å²) in [6.07, 6.45) is 4.42. The molecule has 0 bridgehead atoms. The van der Waals surface area contributed by atoms with E-state index in [4.69, 9.17) is 4.42 Å². The molecule has 2 heterocycles. The highest BCUT2D eigenvalue weighted by Gasteiger charge is 2.26. The van der Waals surface area contributed by atoms with Crippen LogP contribution in [0, 0.1) is 0 Å². The summed E-state index contributed by atoms with van der Waals surface area (Å²) in [5.74, 6) is 1.88. The molecule has 23 heavy (non-hydrogen) atoms. The van der Waals surface area contributed by atoms with E-state index in [-0.39, 0.29) is 5.75 Å². The van der Waals surface area contributed by atoms with Crippen LogP contribution >= 0.6 is 0 Å². The molecule has 0 aromatic carbocycles. The predicted molar refractivity (Wildman–Crippen MR) is 89.7 cm³/mol. The van der Waals surface area contributed by atoms with Gasteiger partial charge in [0.15, 0.2) is 0 Å². The molecule has 7 nitrogen and oxygen atoms in total. The molecule has 0 spiro atoms. The number of aryl methyl sites for hydroxylation is 1. The van der Waals surface area contributed by atoms with Crippen LogP contribution in [0.1, 0.15) is 31.4 Å². The van der Waals surface area contributed by atoms with Crippen LogP contribution in [0.5, 0.6) is 0 Å². The van der Waals surface area contributed by atoms with Crippen molar-refractivity contribution in [3.63, 3.8) is 0 Å². The van der Waals surface area contributed by atoms with Crippen molar-refractivity contribution in [1.29, 1.82) is 0 Å². The number of likely N-dealkylation sites (tertiary alicyclic amines) is 1. The molecule has 1 saturated heterocycles. The Morgan fingerprint density at radius 1 is 1.52 bits per heavy atom. The largest absolute Gasteiger partial charge is 0.444 e. The lowest BCUT2D eigenvalue weighted by atomic mass is 10.2. The first-order valence-corrected chi connectivity index (χ1v) is 9.86. The van der Waals surface area contributed by atoms with Crippen molar-refractivity contribution < 1.29 is 12.8 Å². The molecule has 0 saturated carbocycles. The molecule has 1 atom stereocenters.